The van der Waals surface area contributed by atoms with Crippen LogP contribution in [0.15, 0.2) is 0 Å². The molecule has 0 bridgehead atoms. The molecule has 3 amide bonds. The largest absolute Gasteiger partial charge is 0.355 e. The van der Waals surface area contributed by atoms with E-state index in [-0.39, 0.29) is 24.5 Å². The van der Waals surface area contributed by atoms with Crippen LogP contribution in [0, 0.1) is 0 Å². The fourth-order valence-corrected chi connectivity index (χ4v) is 2.27. The predicted octanol–water partition coefficient (Wildman–Crippen LogP) is 1.49. The van der Waals surface area contributed by atoms with Crippen LogP contribution in [0.4, 0.5) is 4.79 Å². The van der Waals surface area contributed by atoms with Crippen LogP contribution < -0.4 is 10.6 Å². The van der Waals surface area contributed by atoms with E-state index in [1.54, 1.807) is 4.90 Å². The summed E-state index contributed by atoms with van der Waals surface area (Å²) < 4.78 is 0. The van der Waals surface area contributed by atoms with Gasteiger partial charge in [-0.25, -0.2) is 4.79 Å². The van der Waals surface area contributed by atoms with Gasteiger partial charge in [0.05, 0.1) is 0 Å². The number of likely N-dealkylation sites (N-methyl/N-ethyl adjacent to an activating group) is 2. The Bertz CT molecular complexity index is 275. The first-order valence-corrected chi connectivity index (χ1v) is 6.99. The van der Waals surface area contributed by atoms with E-state index >= 15 is 0 Å². The Kier molecular flexibility index (Phi) is 6.54. The zero-order valence-corrected chi connectivity index (χ0v) is 11.5. The second-order valence-electron chi connectivity index (χ2n) is 4.75. The SMILES string of the molecule is CCNC(=O)CN(CC)C(=O)NC1CCCCC1. The third-order valence-electron chi connectivity index (χ3n) is 3.31. The molecule has 2 N–H and O–H groups in total. The van der Waals surface area contributed by atoms with Crippen LogP contribution in [0.25, 0.3) is 0 Å². The predicted molar refractivity (Wildman–Crippen MR) is 71.3 cm³/mol. The maximum Gasteiger partial charge on any atom is 0.318 e. The molecular formula is C13H25N3O2. The van der Waals surface area contributed by atoms with E-state index in [9.17, 15) is 9.59 Å². The normalized spacial score (nSPS) is 16.1. The van der Waals surface area contributed by atoms with Gasteiger partial charge >= 0.3 is 6.03 Å². The first-order valence-electron chi connectivity index (χ1n) is 6.99. The summed E-state index contributed by atoms with van der Waals surface area (Å²) in [5, 5.41) is 5.73. The van der Waals surface area contributed by atoms with E-state index in [4.69, 9.17) is 0 Å². The quantitative estimate of drug-likeness (QED) is 0.782. The molecule has 0 unspecified atom stereocenters. The molecule has 18 heavy (non-hydrogen) atoms. The van der Waals surface area contributed by atoms with Crippen molar-refractivity contribution in [2.75, 3.05) is 19.6 Å². The maximum absolute atomic E-state index is 12.0. The van der Waals surface area contributed by atoms with Crippen LogP contribution >= 0.6 is 0 Å². The van der Waals surface area contributed by atoms with Gasteiger partial charge < -0.3 is 15.5 Å². The second kappa shape index (κ2) is 7.95. The van der Waals surface area contributed by atoms with E-state index in [1.165, 1.54) is 19.3 Å². The first-order chi connectivity index (χ1) is 8.67. The third kappa shape index (κ3) is 4.94. The van der Waals surface area contributed by atoms with Crippen molar-refractivity contribution < 1.29 is 9.59 Å². The topological polar surface area (TPSA) is 61.4 Å². The molecule has 0 aliphatic heterocycles. The summed E-state index contributed by atoms with van der Waals surface area (Å²) >= 11 is 0. The van der Waals surface area contributed by atoms with Crippen molar-refractivity contribution in [2.24, 2.45) is 0 Å². The molecule has 0 aromatic rings. The summed E-state index contributed by atoms with van der Waals surface area (Å²) in [7, 11) is 0. The molecule has 0 aromatic heterocycles. The summed E-state index contributed by atoms with van der Waals surface area (Å²) in [5.41, 5.74) is 0. The van der Waals surface area contributed by atoms with Gasteiger partial charge in [0.2, 0.25) is 5.91 Å². The number of hydrogen-bond acceptors (Lipinski definition) is 2. The summed E-state index contributed by atoms with van der Waals surface area (Å²) in [6.45, 7) is 5.05. The summed E-state index contributed by atoms with van der Waals surface area (Å²) in [5.74, 6) is -0.0989. The number of nitrogens with zero attached hydrogens (tertiary/aromatic N) is 1. The molecule has 0 spiro atoms. The van der Waals surface area contributed by atoms with Crippen molar-refractivity contribution in [3.8, 4) is 0 Å². The minimum absolute atomic E-state index is 0.0989. The zero-order valence-electron chi connectivity index (χ0n) is 11.5. The van der Waals surface area contributed by atoms with Crippen LogP contribution in [0.3, 0.4) is 0 Å². The number of amides is 3. The highest BCUT2D eigenvalue weighted by atomic mass is 16.2. The summed E-state index contributed by atoms with van der Waals surface area (Å²) in [4.78, 5) is 25.0. The molecule has 1 rings (SSSR count). The zero-order chi connectivity index (χ0) is 13.4. The Hall–Kier alpha value is -1.26. The average Bonchev–Trinajstić information content (AvgIpc) is 2.37. The lowest BCUT2D eigenvalue weighted by Crippen LogP contribution is -2.48. The molecule has 0 saturated heterocycles. The number of nitrogens with one attached hydrogen (secondary N) is 2. The van der Waals surface area contributed by atoms with E-state index in [1.807, 2.05) is 13.8 Å². The smallest absolute Gasteiger partial charge is 0.318 e. The van der Waals surface area contributed by atoms with Gasteiger partial charge in [0.15, 0.2) is 0 Å². The first kappa shape index (κ1) is 14.8. The van der Waals surface area contributed by atoms with Gasteiger partial charge in [0, 0.05) is 19.1 Å². The summed E-state index contributed by atoms with van der Waals surface area (Å²) in [6, 6.07) is 0.171. The number of rotatable bonds is 5. The Morgan fingerprint density at radius 3 is 2.39 bits per heavy atom. The fourth-order valence-electron chi connectivity index (χ4n) is 2.27. The minimum Gasteiger partial charge on any atom is -0.355 e. The molecule has 0 heterocycles. The van der Waals surface area contributed by atoms with Gasteiger partial charge in [-0.3, -0.25) is 4.79 Å². The summed E-state index contributed by atoms with van der Waals surface area (Å²) in [6.07, 6.45) is 5.76. The van der Waals surface area contributed by atoms with Crippen LogP contribution in [0.2, 0.25) is 0 Å². The molecular weight excluding hydrogens is 230 g/mol. The number of urea groups is 1. The van der Waals surface area contributed by atoms with Crippen LogP contribution in [-0.4, -0.2) is 42.5 Å². The molecule has 1 fully saturated rings. The maximum atomic E-state index is 12.0. The molecule has 104 valence electrons. The van der Waals surface area contributed by atoms with Crippen molar-refractivity contribution >= 4 is 11.9 Å². The standard InChI is InChI=1S/C13H25N3O2/c1-3-14-12(17)10-16(4-2)13(18)15-11-8-6-5-7-9-11/h11H,3-10H2,1-2H3,(H,14,17)(H,15,18). The third-order valence-corrected chi connectivity index (χ3v) is 3.31. The second-order valence-corrected chi connectivity index (χ2v) is 4.75. The monoisotopic (exact) mass is 255 g/mol. The highest BCUT2D eigenvalue weighted by Crippen LogP contribution is 2.17. The lowest BCUT2D eigenvalue weighted by Gasteiger charge is -2.27. The Balaban J connectivity index is 2.38. The lowest BCUT2D eigenvalue weighted by atomic mass is 9.96. The molecule has 0 aromatic carbocycles. The molecule has 1 aliphatic carbocycles. The van der Waals surface area contributed by atoms with E-state index in [0.717, 1.165) is 12.8 Å². The van der Waals surface area contributed by atoms with Gasteiger partial charge in [-0.05, 0) is 26.7 Å². The molecule has 0 atom stereocenters. The molecule has 1 aliphatic rings. The Labute approximate surface area is 109 Å². The van der Waals surface area contributed by atoms with E-state index in [0.29, 0.717) is 13.1 Å². The molecule has 1 saturated carbocycles. The average molecular weight is 255 g/mol. The van der Waals surface area contributed by atoms with Crippen molar-refractivity contribution in [1.82, 2.24) is 15.5 Å². The van der Waals surface area contributed by atoms with Gasteiger partial charge in [0.25, 0.3) is 0 Å². The van der Waals surface area contributed by atoms with E-state index in [2.05, 4.69) is 10.6 Å². The minimum atomic E-state index is -0.115. The van der Waals surface area contributed by atoms with Crippen LogP contribution in [0.1, 0.15) is 46.0 Å². The van der Waals surface area contributed by atoms with E-state index < -0.39 is 0 Å². The van der Waals surface area contributed by atoms with Gasteiger partial charge in [-0.2, -0.15) is 0 Å². The highest BCUT2D eigenvalue weighted by Gasteiger charge is 2.20. The number of carbonyl (C=O) groups is 2. The van der Waals surface area contributed by atoms with Gasteiger partial charge in [-0.1, -0.05) is 19.3 Å². The molecule has 5 nitrogen and oxygen atoms in total. The molecule has 5 heteroatoms. The van der Waals surface area contributed by atoms with Crippen molar-refractivity contribution in [3.63, 3.8) is 0 Å². The fraction of sp³-hybridized carbons (Fsp3) is 0.846. The van der Waals surface area contributed by atoms with Crippen molar-refractivity contribution in [1.29, 1.82) is 0 Å². The van der Waals surface area contributed by atoms with Gasteiger partial charge in [0.1, 0.15) is 6.54 Å². The van der Waals surface area contributed by atoms with Crippen LogP contribution in [0.5, 0.6) is 0 Å². The Morgan fingerprint density at radius 1 is 1.17 bits per heavy atom. The van der Waals surface area contributed by atoms with Gasteiger partial charge in [-0.15, -0.1) is 0 Å². The van der Waals surface area contributed by atoms with Crippen molar-refractivity contribution in [2.45, 2.75) is 52.0 Å². The van der Waals surface area contributed by atoms with Crippen molar-refractivity contribution in [3.05, 3.63) is 0 Å². The number of hydrogen-bond donors (Lipinski definition) is 2. The lowest BCUT2D eigenvalue weighted by molar-refractivity contribution is -0.121. The van der Waals surface area contributed by atoms with Crippen LogP contribution in [-0.2, 0) is 4.79 Å². The molecule has 0 radical (unpaired) electrons. The highest BCUT2D eigenvalue weighted by molar-refractivity contribution is 5.84. The number of carbonyl (C=O) groups excluding carboxylic acids is 2. The Morgan fingerprint density at radius 2 is 1.83 bits per heavy atom.